The van der Waals surface area contributed by atoms with Crippen LogP contribution in [0.2, 0.25) is 5.02 Å². The highest BCUT2D eigenvalue weighted by Crippen LogP contribution is 2.14. The lowest BCUT2D eigenvalue weighted by molar-refractivity contribution is 0.665. The number of aromatic nitrogens is 1. The third-order valence-corrected chi connectivity index (χ3v) is 3.57. The van der Waals surface area contributed by atoms with Crippen molar-refractivity contribution in [3.05, 3.63) is 59.4 Å². The molecule has 0 unspecified atom stereocenters. The van der Waals surface area contributed by atoms with Gasteiger partial charge < -0.3 is 15.2 Å². The molecule has 120 valence electrons. The van der Waals surface area contributed by atoms with E-state index in [9.17, 15) is 0 Å². The Kier molecular flexibility index (Phi) is 9.00. The van der Waals surface area contributed by atoms with Crippen LogP contribution in [0.4, 0.5) is 0 Å². The Morgan fingerprint density at radius 1 is 1.09 bits per heavy atom. The summed E-state index contributed by atoms with van der Waals surface area (Å²) in [5.74, 6) is 0.814. The number of guanidine groups is 1. The molecule has 1 aromatic heterocycles. The van der Waals surface area contributed by atoms with E-state index in [0.717, 1.165) is 42.6 Å². The molecule has 2 aromatic rings. The summed E-state index contributed by atoms with van der Waals surface area (Å²) in [7, 11) is 1.78. The lowest BCUT2D eigenvalue weighted by Gasteiger charge is -2.12. The van der Waals surface area contributed by atoms with Crippen LogP contribution in [0.1, 0.15) is 5.56 Å². The molecule has 1 heterocycles. The molecule has 0 fully saturated rings. The second kappa shape index (κ2) is 10.5. The van der Waals surface area contributed by atoms with Crippen molar-refractivity contribution in [2.75, 3.05) is 20.1 Å². The number of hydrogen-bond donors (Lipinski definition) is 2. The summed E-state index contributed by atoms with van der Waals surface area (Å²) in [6, 6.07) is 12.0. The molecule has 0 aliphatic carbocycles. The summed E-state index contributed by atoms with van der Waals surface area (Å²) >= 11 is 6.14. The van der Waals surface area contributed by atoms with Crippen molar-refractivity contribution in [2.24, 2.45) is 4.99 Å². The van der Waals surface area contributed by atoms with Crippen LogP contribution in [0.5, 0.6) is 0 Å². The van der Waals surface area contributed by atoms with Crippen LogP contribution in [0.3, 0.4) is 0 Å². The maximum Gasteiger partial charge on any atom is 0.191 e. The van der Waals surface area contributed by atoms with Gasteiger partial charge in [0.1, 0.15) is 0 Å². The van der Waals surface area contributed by atoms with Crippen LogP contribution in [-0.4, -0.2) is 30.7 Å². The maximum absolute atomic E-state index is 6.14. The van der Waals surface area contributed by atoms with Gasteiger partial charge in [0, 0.05) is 44.1 Å². The molecule has 0 amide bonds. The molecule has 1 aromatic carbocycles. The first-order valence-corrected chi connectivity index (χ1v) is 7.46. The number of nitrogens with one attached hydrogen (secondary N) is 2. The first-order valence-electron chi connectivity index (χ1n) is 7.08. The maximum atomic E-state index is 6.14. The van der Waals surface area contributed by atoms with Crippen molar-refractivity contribution in [1.29, 1.82) is 0 Å². The summed E-state index contributed by atoms with van der Waals surface area (Å²) in [4.78, 5) is 4.21. The van der Waals surface area contributed by atoms with Gasteiger partial charge in [0.25, 0.3) is 0 Å². The van der Waals surface area contributed by atoms with Crippen molar-refractivity contribution in [1.82, 2.24) is 15.2 Å². The highest BCUT2D eigenvalue weighted by Gasteiger charge is 2.00. The molecule has 0 atom stereocenters. The number of hydrogen-bond acceptors (Lipinski definition) is 1. The van der Waals surface area contributed by atoms with Crippen molar-refractivity contribution < 1.29 is 0 Å². The minimum absolute atomic E-state index is 0. The third-order valence-electron chi connectivity index (χ3n) is 3.20. The summed E-state index contributed by atoms with van der Waals surface area (Å²) in [5, 5.41) is 7.40. The van der Waals surface area contributed by atoms with Gasteiger partial charge in [-0.25, -0.2) is 0 Å². The fraction of sp³-hybridized carbons (Fsp3) is 0.312. The molecule has 6 heteroatoms. The van der Waals surface area contributed by atoms with Crippen molar-refractivity contribution in [3.63, 3.8) is 0 Å². The van der Waals surface area contributed by atoms with Crippen LogP contribution < -0.4 is 10.6 Å². The Morgan fingerprint density at radius 2 is 1.77 bits per heavy atom. The van der Waals surface area contributed by atoms with Gasteiger partial charge in [0.15, 0.2) is 5.96 Å². The van der Waals surface area contributed by atoms with E-state index < -0.39 is 0 Å². The van der Waals surface area contributed by atoms with E-state index in [4.69, 9.17) is 11.6 Å². The Morgan fingerprint density at radius 3 is 2.45 bits per heavy atom. The summed E-state index contributed by atoms with van der Waals surface area (Å²) in [6.45, 7) is 2.55. The van der Waals surface area contributed by atoms with E-state index in [-0.39, 0.29) is 24.0 Å². The number of benzene rings is 1. The number of halogens is 2. The lowest BCUT2D eigenvalue weighted by atomic mass is 10.1. The second-order valence-electron chi connectivity index (χ2n) is 4.69. The quantitative estimate of drug-likeness (QED) is 0.418. The molecular weight excluding hydrogens is 411 g/mol. The van der Waals surface area contributed by atoms with E-state index in [1.165, 1.54) is 0 Å². The molecule has 0 aliphatic heterocycles. The minimum Gasteiger partial charge on any atom is -0.356 e. The lowest BCUT2D eigenvalue weighted by Crippen LogP contribution is -2.39. The molecule has 0 saturated heterocycles. The molecule has 0 saturated carbocycles. The van der Waals surface area contributed by atoms with Gasteiger partial charge in [0.05, 0.1) is 0 Å². The topological polar surface area (TPSA) is 41.4 Å². The molecule has 0 spiro atoms. The summed E-state index contributed by atoms with van der Waals surface area (Å²) in [6.07, 6.45) is 4.97. The van der Waals surface area contributed by atoms with Crippen LogP contribution >= 0.6 is 35.6 Å². The third kappa shape index (κ3) is 6.27. The Balaban J connectivity index is 0.00000242. The number of nitrogens with zero attached hydrogens (tertiary/aromatic N) is 2. The average Bonchev–Trinajstić information content (AvgIpc) is 3.01. The summed E-state index contributed by atoms with van der Waals surface area (Å²) in [5.41, 5.74) is 1.15. The van der Waals surface area contributed by atoms with E-state index in [2.05, 4.69) is 32.6 Å². The predicted octanol–water partition coefficient (Wildman–Crippen LogP) is 3.17. The zero-order chi connectivity index (χ0) is 14.9. The van der Waals surface area contributed by atoms with Crippen molar-refractivity contribution in [2.45, 2.75) is 13.0 Å². The Hall–Kier alpha value is -1.21. The van der Waals surface area contributed by atoms with Crippen LogP contribution in [0.15, 0.2) is 53.8 Å². The molecule has 2 rings (SSSR count). The number of rotatable bonds is 6. The predicted molar refractivity (Wildman–Crippen MR) is 104 cm³/mol. The zero-order valence-corrected chi connectivity index (χ0v) is 15.7. The Labute approximate surface area is 154 Å². The largest absolute Gasteiger partial charge is 0.356 e. The van der Waals surface area contributed by atoms with E-state index >= 15 is 0 Å². The van der Waals surface area contributed by atoms with E-state index in [1.54, 1.807) is 7.05 Å². The van der Waals surface area contributed by atoms with Gasteiger partial charge >= 0.3 is 0 Å². The van der Waals surface area contributed by atoms with Gasteiger partial charge in [-0.2, -0.15) is 0 Å². The standard InChI is InChI=1S/C16H21ClN4.HI/c1-18-16(20-10-13-21-11-4-5-12-21)19-9-8-14-6-2-3-7-15(14)17;/h2-7,11-12H,8-10,13H2,1H3,(H2,18,19,20);1H. The normalized spacial score (nSPS) is 10.9. The van der Waals surface area contributed by atoms with Gasteiger partial charge in [-0.3, -0.25) is 4.99 Å². The fourth-order valence-electron chi connectivity index (χ4n) is 2.06. The van der Waals surface area contributed by atoms with Gasteiger partial charge in [-0.15, -0.1) is 24.0 Å². The molecule has 2 N–H and O–H groups in total. The smallest absolute Gasteiger partial charge is 0.191 e. The van der Waals surface area contributed by atoms with Gasteiger partial charge in [0.2, 0.25) is 0 Å². The first-order chi connectivity index (χ1) is 10.3. The fourth-order valence-corrected chi connectivity index (χ4v) is 2.29. The first kappa shape index (κ1) is 18.8. The molecule has 0 radical (unpaired) electrons. The minimum atomic E-state index is 0. The second-order valence-corrected chi connectivity index (χ2v) is 5.10. The highest BCUT2D eigenvalue weighted by atomic mass is 127. The van der Waals surface area contributed by atoms with Crippen LogP contribution in [0, 0.1) is 0 Å². The molecule has 0 bridgehead atoms. The van der Waals surface area contributed by atoms with Gasteiger partial charge in [-0.05, 0) is 30.2 Å². The monoisotopic (exact) mass is 432 g/mol. The van der Waals surface area contributed by atoms with Crippen molar-refractivity contribution in [3.8, 4) is 0 Å². The molecule has 0 aliphatic rings. The van der Waals surface area contributed by atoms with E-state index in [0.29, 0.717) is 0 Å². The molecular formula is C16H22ClIN4. The van der Waals surface area contributed by atoms with Crippen LogP contribution in [0.25, 0.3) is 0 Å². The van der Waals surface area contributed by atoms with E-state index in [1.807, 2.05) is 36.4 Å². The highest BCUT2D eigenvalue weighted by molar-refractivity contribution is 14.0. The average molecular weight is 433 g/mol. The van der Waals surface area contributed by atoms with Crippen LogP contribution in [-0.2, 0) is 13.0 Å². The SMILES string of the molecule is CN=C(NCCc1ccccc1Cl)NCCn1cccc1.I. The summed E-state index contributed by atoms with van der Waals surface area (Å²) < 4.78 is 2.13. The van der Waals surface area contributed by atoms with Crippen molar-refractivity contribution >= 4 is 41.5 Å². The molecule has 22 heavy (non-hydrogen) atoms. The zero-order valence-electron chi connectivity index (χ0n) is 12.6. The Bertz CT molecular complexity index is 569. The number of aliphatic imine (C=N–C) groups is 1. The van der Waals surface area contributed by atoms with Gasteiger partial charge in [-0.1, -0.05) is 29.8 Å². The molecule has 4 nitrogen and oxygen atoms in total.